The lowest BCUT2D eigenvalue weighted by atomic mass is 9.99. The molecule has 84 valence electrons. The number of nitrogens with two attached hydrogens (primary N) is 1. The second-order valence-electron chi connectivity index (χ2n) is 4.09. The topological polar surface area (TPSA) is 35.2 Å². The van der Waals surface area contributed by atoms with E-state index < -0.39 is 0 Å². The maximum atomic E-state index is 6.12. The molecule has 2 rings (SSSR count). The molecule has 2 heteroatoms. The lowest BCUT2D eigenvalue weighted by Gasteiger charge is -2.11. The maximum Gasteiger partial charge on any atom is 0.0725 e. The minimum absolute atomic E-state index is 0.0896. The van der Waals surface area contributed by atoms with E-state index in [1.54, 1.807) is 0 Å². The van der Waals surface area contributed by atoms with Gasteiger partial charge in [-0.15, -0.1) is 11.8 Å². The Labute approximate surface area is 96.8 Å². The quantitative estimate of drug-likeness (QED) is 0.786. The lowest BCUT2D eigenvalue weighted by molar-refractivity contribution is 0.134. The summed E-state index contributed by atoms with van der Waals surface area (Å²) in [5.74, 6) is 5.94. The SMILES string of the molecule is CC#CCCC(N)c1ccc2c(c1)COC2. The fourth-order valence-corrected chi connectivity index (χ4v) is 1.94. The van der Waals surface area contributed by atoms with Crippen LogP contribution < -0.4 is 5.73 Å². The molecule has 0 fully saturated rings. The fraction of sp³-hybridized carbons (Fsp3) is 0.429. The van der Waals surface area contributed by atoms with Crippen LogP contribution in [-0.4, -0.2) is 0 Å². The molecular formula is C14H17NO. The highest BCUT2D eigenvalue weighted by molar-refractivity contribution is 5.34. The molecule has 0 spiro atoms. The summed E-state index contributed by atoms with van der Waals surface area (Å²) in [7, 11) is 0. The predicted molar refractivity (Wildman–Crippen MR) is 64.5 cm³/mol. The first-order chi connectivity index (χ1) is 7.81. The highest BCUT2D eigenvalue weighted by Crippen LogP contribution is 2.24. The number of hydrogen-bond donors (Lipinski definition) is 1. The van der Waals surface area contributed by atoms with Gasteiger partial charge in [0.05, 0.1) is 13.2 Å². The van der Waals surface area contributed by atoms with E-state index in [2.05, 4.69) is 30.0 Å². The summed E-state index contributed by atoms with van der Waals surface area (Å²) in [6.45, 7) is 3.33. The summed E-state index contributed by atoms with van der Waals surface area (Å²) in [6, 6.07) is 6.50. The van der Waals surface area contributed by atoms with Crippen LogP contribution >= 0.6 is 0 Å². The molecule has 1 aliphatic rings. The predicted octanol–water partition coefficient (Wildman–Crippen LogP) is 2.52. The van der Waals surface area contributed by atoms with Crippen LogP contribution in [0.3, 0.4) is 0 Å². The molecule has 0 aromatic heterocycles. The molecule has 2 nitrogen and oxygen atoms in total. The molecule has 1 unspecified atom stereocenters. The molecule has 1 heterocycles. The third-order valence-corrected chi connectivity index (χ3v) is 2.93. The first kappa shape index (κ1) is 11.2. The van der Waals surface area contributed by atoms with E-state index in [1.165, 1.54) is 16.7 Å². The number of ether oxygens (including phenoxy) is 1. The summed E-state index contributed by atoms with van der Waals surface area (Å²) in [5.41, 5.74) is 9.90. The van der Waals surface area contributed by atoms with Gasteiger partial charge in [0.1, 0.15) is 0 Å². The van der Waals surface area contributed by atoms with Crippen molar-refractivity contribution in [2.45, 2.75) is 39.0 Å². The first-order valence-corrected chi connectivity index (χ1v) is 5.66. The molecule has 0 saturated carbocycles. The Morgan fingerprint density at radius 2 is 2.19 bits per heavy atom. The van der Waals surface area contributed by atoms with Crippen LogP contribution in [0, 0.1) is 11.8 Å². The molecule has 1 aromatic carbocycles. The average Bonchev–Trinajstić information content (AvgIpc) is 2.76. The van der Waals surface area contributed by atoms with Crippen LogP contribution in [0.15, 0.2) is 18.2 Å². The van der Waals surface area contributed by atoms with Crippen molar-refractivity contribution in [3.05, 3.63) is 34.9 Å². The van der Waals surface area contributed by atoms with Crippen molar-refractivity contribution < 1.29 is 4.74 Å². The van der Waals surface area contributed by atoms with Gasteiger partial charge in [0.15, 0.2) is 0 Å². The second-order valence-corrected chi connectivity index (χ2v) is 4.09. The summed E-state index contributed by atoms with van der Waals surface area (Å²) in [5, 5.41) is 0. The van der Waals surface area contributed by atoms with E-state index in [-0.39, 0.29) is 6.04 Å². The Bertz CT molecular complexity index is 428. The third kappa shape index (κ3) is 2.44. The molecule has 0 radical (unpaired) electrons. The number of benzene rings is 1. The van der Waals surface area contributed by atoms with Gasteiger partial charge in [0, 0.05) is 12.5 Å². The Kier molecular flexibility index (Phi) is 3.61. The zero-order valence-electron chi connectivity index (χ0n) is 9.62. The van der Waals surface area contributed by atoms with Gasteiger partial charge in [-0.3, -0.25) is 0 Å². The van der Waals surface area contributed by atoms with Gasteiger partial charge < -0.3 is 10.5 Å². The van der Waals surface area contributed by atoms with Crippen LogP contribution in [0.1, 0.15) is 42.5 Å². The van der Waals surface area contributed by atoms with Crippen molar-refractivity contribution in [2.24, 2.45) is 5.73 Å². The van der Waals surface area contributed by atoms with Crippen molar-refractivity contribution in [2.75, 3.05) is 0 Å². The number of fused-ring (bicyclic) bond motifs is 1. The van der Waals surface area contributed by atoms with E-state index in [0.717, 1.165) is 26.1 Å². The molecule has 16 heavy (non-hydrogen) atoms. The Morgan fingerprint density at radius 3 is 3.00 bits per heavy atom. The van der Waals surface area contributed by atoms with Gasteiger partial charge >= 0.3 is 0 Å². The molecule has 0 amide bonds. The van der Waals surface area contributed by atoms with E-state index in [0.29, 0.717) is 0 Å². The molecule has 1 atom stereocenters. The zero-order valence-corrected chi connectivity index (χ0v) is 9.62. The minimum atomic E-state index is 0.0896. The Hall–Kier alpha value is -1.30. The lowest BCUT2D eigenvalue weighted by Crippen LogP contribution is -2.10. The molecule has 1 aliphatic heterocycles. The summed E-state index contributed by atoms with van der Waals surface area (Å²) >= 11 is 0. The summed E-state index contributed by atoms with van der Waals surface area (Å²) in [6.07, 6.45) is 1.78. The van der Waals surface area contributed by atoms with E-state index in [9.17, 15) is 0 Å². The van der Waals surface area contributed by atoms with Crippen LogP contribution in [0.25, 0.3) is 0 Å². The molecule has 1 aromatic rings. The first-order valence-electron chi connectivity index (χ1n) is 5.66. The van der Waals surface area contributed by atoms with Crippen molar-refractivity contribution >= 4 is 0 Å². The number of rotatable bonds is 3. The Balaban J connectivity index is 2.05. The number of hydrogen-bond acceptors (Lipinski definition) is 2. The molecule has 0 saturated heterocycles. The minimum Gasteiger partial charge on any atom is -0.372 e. The smallest absolute Gasteiger partial charge is 0.0725 e. The van der Waals surface area contributed by atoms with E-state index >= 15 is 0 Å². The summed E-state index contributed by atoms with van der Waals surface area (Å²) in [4.78, 5) is 0. The molecular weight excluding hydrogens is 198 g/mol. The highest BCUT2D eigenvalue weighted by atomic mass is 16.5. The van der Waals surface area contributed by atoms with Crippen molar-refractivity contribution in [3.63, 3.8) is 0 Å². The van der Waals surface area contributed by atoms with E-state index in [4.69, 9.17) is 10.5 Å². The second kappa shape index (κ2) is 5.16. The van der Waals surface area contributed by atoms with Crippen LogP contribution in [0.2, 0.25) is 0 Å². The van der Waals surface area contributed by atoms with Gasteiger partial charge in [-0.05, 0) is 30.0 Å². The average molecular weight is 215 g/mol. The van der Waals surface area contributed by atoms with Gasteiger partial charge in [0.2, 0.25) is 0 Å². The fourth-order valence-electron chi connectivity index (χ4n) is 1.94. The van der Waals surface area contributed by atoms with Gasteiger partial charge in [-0.25, -0.2) is 0 Å². The van der Waals surface area contributed by atoms with Crippen LogP contribution in [-0.2, 0) is 18.0 Å². The van der Waals surface area contributed by atoms with Gasteiger partial charge in [0.25, 0.3) is 0 Å². The normalized spacial score (nSPS) is 15.1. The highest BCUT2D eigenvalue weighted by Gasteiger charge is 2.13. The standard InChI is InChI=1S/C14H17NO/c1-2-3-4-5-14(15)11-6-7-12-9-16-10-13(12)8-11/h6-8,14H,4-5,9-10,15H2,1H3. The summed E-state index contributed by atoms with van der Waals surface area (Å²) < 4.78 is 5.39. The van der Waals surface area contributed by atoms with Crippen LogP contribution in [0.4, 0.5) is 0 Å². The van der Waals surface area contributed by atoms with Gasteiger partial charge in [-0.2, -0.15) is 0 Å². The molecule has 0 aliphatic carbocycles. The monoisotopic (exact) mass is 215 g/mol. The maximum absolute atomic E-state index is 6.12. The zero-order chi connectivity index (χ0) is 11.4. The molecule has 2 N–H and O–H groups in total. The molecule has 0 bridgehead atoms. The third-order valence-electron chi connectivity index (χ3n) is 2.93. The largest absolute Gasteiger partial charge is 0.372 e. The van der Waals surface area contributed by atoms with Gasteiger partial charge in [-0.1, -0.05) is 18.2 Å². The van der Waals surface area contributed by atoms with Crippen LogP contribution in [0.5, 0.6) is 0 Å². The van der Waals surface area contributed by atoms with Crippen molar-refractivity contribution in [1.82, 2.24) is 0 Å². The van der Waals surface area contributed by atoms with E-state index in [1.807, 2.05) is 6.92 Å². The van der Waals surface area contributed by atoms with Crippen molar-refractivity contribution in [3.8, 4) is 11.8 Å². The Morgan fingerprint density at radius 1 is 1.38 bits per heavy atom. The van der Waals surface area contributed by atoms with Crippen molar-refractivity contribution in [1.29, 1.82) is 0 Å².